The van der Waals surface area contributed by atoms with Crippen LogP contribution in [0.5, 0.6) is 0 Å². The van der Waals surface area contributed by atoms with Crippen molar-refractivity contribution < 1.29 is 4.74 Å². The van der Waals surface area contributed by atoms with E-state index in [0.29, 0.717) is 6.10 Å². The van der Waals surface area contributed by atoms with E-state index in [2.05, 4.69) is 6.42 Å². The zero-order valence-corrected chi connectivity index (χ0v) is 5.68. The third-order valence-corrected chi connectivity index (χ3v) is 2.47. The molecular weight excluding hydrogens is 112 g/mol. The van der Waals surface area contributed by atoms with Crippen LogP contribution in [0.25, 0.3) is 0 Å². The highest BCUT2D eigenvalue weighted by Gasteiger charge is 2.29. The van der Waals surface area contributed by atoms with Crippen molar-refractivity contribution in [1.29, 1.82) is 0 Å². The fourth-order valence-corrected chi connectivity index (χ4v) is 1.90. The van der Waals surface area contributed by atoms with Gasteiger partial charge in [-0.2, -0.15) is 0 Å². The van der Waals surface area contributed by atoms with Crippen LogP contribution >= 0.6 is 0 Å². The molecule has 1 aliphatic heterocycles. The van der Waals surface area contributed by atoms with Crippen LogP contribution in [-0.4, -0.2) is 12.7 Å². The highest BCUT2D eigenvalue weighted by molar-refractivity contribution is 4.87. The average Bonchev–Trinajstić information content (AvgIpc) is 2.33. The third-order valence-electron chi connectivity index (χ3n) is 2.47. The van der Waals surface area contributed by atoms with Crippen LogP contribution in [0.4, 0.5) is 0 Å². The van der Waals surface area contributed by atoms with E-state index in [1.165, 1.54) is 25.7 Å². The summed E-state index contributed by atoms with van der Waals surface area (Å²) in [7, 11) is 0. The molecule has 2 atom stereocenters. The van der Waals surface area contributed by atoms with Crippen LogP contribution in [0.1, 0.15) is 25.7 Å². The molecule has 1 nitrogen and oxygen atoms in total. The monoisotopic (exact) mass is 125 g/mol. The van der Waals surface area contributed by atoms with Crippen molar-refractivity contribution in [2.75, 3.05) is 6.61 Å². The Morgan fingerprint density at radius 1 is 1.33 bits per heavy atom. The van der Waals surface area contributed by atoms with E-state index in [-0.39, 0.29) is 0 Å². The maximum Gasteiger partial charge on any atom is 0.0604 e. The molecule has 0 amide bonds. The number of ether oxygens (including phenoxy) is 1. The summed E-state index contributed by atoms with van der Waals surface area (Å²) in [5, 5.41) is 0. The van der Waals surface area contributed by atoms with Gasteiger partial charge in [-0.05, 0) is 38.0 Å². The molecule has 2 unspecified atom stereocenters. The van der Waals surface area contributed by atoms with Crippen molar-refractivity contribution in [3.8, 4) is 0 Å². The van der Waals surface area contributed by atoms with E-state index in [0.717, 1.165) is 12.5 Å². The molecule has 2 fully saturated rings. The van der Waals surface area contributed by atoms with Crippen LogP contribution in [0.2, 0.25) is 0 Å². The maximum atomic E-state index is 5.54. The van der Waals surface area contributed by atoms with Gasteiger partial charge in [0.15, 0.2) is 0 Å². The molecule has 0 aromatic heterocycles. The van der Waals surface area contributed by atoms with Gasteiger partial charge >= 0.3 is 0 Å². The summed E-state index contributed by atoms with van der Waals surface area (Å²) in [4.78, 5) is 0. The summed E-state index contributed by atoms with van der Waals surface area (Å²) >= 11 is 0. The largest absolute Gasteiger partial charge is 0.378 e. The summed E-state index contributed by atoms with van der Waals surface area (Å²) in [5.74, 6) is 0.888. The van der Waals surface area contributed by atoms with Gasteiger partial charge in [0, 0.05) is 6.61 Å². The molecule has 51 valence electrons. The standard InChI is InChI=1S/C8H13O/c1-2-4-8-7(3-1)5-6-9-8/h1,7-8H,2-6H2. The lowest BCUT2D eigenvalue weighted by atomic mass is 9.86. The molecule has 1 aliphatic carbocycles. The topological polar surface area (TPSA) is 9.23 Å². The summed E-state index contributed by atoms with van der Waals surface area (Å²) in [6.07, 6.45) is 8.23. The van der Waals surface area contributed by atoms with Crippen LogP contribution in [0.15, 0.2) is 0 Å². The molecule has 0 aromatic rings. The smallest absolute Gasteiger partial charge is 0.0604 e. The van der Waals surface area contributed by atoms with Gasteiger partial charge in [-0.15, -0.1) is 0 Å². The maximum absolute atomic E-state index is 5.54. The second-order valence-electron chi connectivity index (χ2n) is 3.06. The summed E-state index contributed by atoms with van der Waals surface area (Å²) in [6, 6.07) is 0. The first-order valence-electron chi connectivity index (χ1n) is 3.90. The minimum atomic E-state index is 0.634. The van der Waals surface area contributed by atoms with Crippen LogP contribution in [-0.2, 0) is 4.74 Å². The van der Waals surface area contributed by atoms with E-state index in [1.54, 1.807) is 0 Å². The van der Waals surface area contributed by atoms with E-state index < -0.39 is 0 Å². The summed E-state index contributed by atoms with van der Waals surface area (Å²) < 4.78 is 5.54. The van der Waals surface area contributed by atoms with Gasteiger partial charge in [0.05, 0.1) is 6.10 Å². The molecule has 1 saturated carbocycles. The average molecular weight is 125 g/mol. The quantitative estimate of drug-likeness (QED) is 0.479. The number of hydrogen-bond acceptors (Lipinski definition) is 1. The van der Waals surface area contributed by atoms with Gasteiger partial charge in [-0.1, -0.05) is 0 Å². The Balaban J connectivity index is 1.97. The molecule has 9 heavy (non-hydrogen) atoms. The van der Waals surface area contributed by atoms with Crippen LogP contribution < -0.4 is 0 Å². The van der Waals surface area contributed by atoms with Crippen molar-refractivity contribution in [2.24, 2.45) is 5.92 Å². The van der Waals surface area contributed by atoms with E-state index >= 15 is 0 Å². The second-order valence-corrected chi connectivity index (χ2v) is 3.06. The molecule has 2 aliphatic rings. The zero-order valence-electron chi connectivity index (χ0n) is 5.68. The van der Waals surface area contributed by atoms with Gasteiger partial charge in [0.1, 0.15) is 0 Å². The van der Waals surface area contributed by atoms with Crippen molar-refractivity contribution in [3.63, 3.8) is 0 Å². The highest BCUT2D eigenvalue weighted by atomic mass is 16.5. The summed E-state index contributed by atoms with van der Waals surface area (Å²) in [5.41, 5.74) is 0. The fraction of sp³-hybridized carbons (Fsp3) is 0.875. The molecule has 0 bridgehead atoms. The predicted octanol–water partition coefficient (Wildman–Crippen LogP) is 1.78. The SMILES string of the molecule is [CH]1CCC2OCCC2C1. The minimum Gasteiger partial charge on any atom is -0.378 e. The Morgan fingerprint density at radius 2 is 2.33 bits per heavy atom. The normalized spacial score (nSPS) is 42.7. The van der Waals surface area contributed by atoms with Crippen molar-refractivity contribution in [3.05, 3.63) is 6.42 Å². The van der Waals surface area contributed by atoms with Gasteiger partial charge in [0.2, 0.25) is 0 Å². The molecule has 0 spiro atoms. The predicted molar refractivity (Wildman–Crippen MR) is 36.0 cm³/mol. The molecule has 2 rings (SSSR count). The van der Waals surface area contributed by atoms with Gasteiger partial charge in [-0.25, -0.2) is 0 Å². The Kier molecular flexibility index (Phi) is 1.46. The first-order chi connectivity index (χ1) is 4.47. The Bertz CT molecular complexity index is 88.7. The van der Waals surface area contributed by atoms with Crippen molar-refractivity contribution >= 4 is 0 Å². The molecule has 0 aromatic carbocycles. The third kappa shape index (κ3) is 0.983. The second kappa shape index (κ2) is 2.30. The molecule has 0 N–H and O–H groups in total. The Labute approximate surface area is 56.4 Å². The lowest BCUT2D eigenvalue weighted by Crippen LogP contribution is -2.20. The molecule has 1 saturated heterocycles. The van der Waals surface area contributed by atoms with Gasteiger partial charge in [-0.3, -0.25) is 0 Å². The lowest BCUT2D eigenvalue weighted by molar-refractivity contribution is 0.0747. The van der Waals surface area contributed by atoms with Crippen LogP contribution in [0, 0.1) is 12.3 Å². The van der Waals surface area contributed by atoms with E-state index in [1.807, 2.05) is 0 Å². The van der Waals surface area contributed by atoms with E-state index in [4.69, 9.17) is 4.74 Å². The zero-order chi connectivity index (χ0) is 6.10. The molecular formula is C8H13O. The van der Waals surface area contributed by atoms with Crippen LogP contribution in [0.3, 0.4) is 0 Å². The van der Waals surface area contributed by atoms with Gasteiger partial charge < -0.3 is 4.74 Å². The molecule has 1 heterocycles. The first kappa shape index (κ1) is 5.72. The highest BCUT2D eigenvalue weighted by Crippen LogP contribution is 2.33. The fourth-order valence-electron chi connectivity index (χ4n) is 1.90. The number of fused-ring (bicyclic) bond motifs is 1. The van der Waals surface area contributed by atoms with Gasteiger partial charge in [0.25, 0.3) is 0 Å². The van der Waals surface area contributed by atoms with E-state index in [9.17, 15) is 0 Å². The first-order valence-corrected chi connectivity index (χ1v) is 3.90. The molecule has 1 heteroatoms. The summed E-state index contributed by atoms with van der Waals surface area (Å²) in [6.45, 7) is 1.02. The lowest BCUT2D eigenvalue weighted by Gasteiger charge is -2.22. The Hall–Kier alpha value is -0.0400. The Morgan fingerprint density at radius 3 is 3.22 bits per heavy atom. The minimum absolute atomic E-state index is 0.634. The molecule has 1 radical (unpaired) electrons. The number of hydrogen-bond donors (Lipinski definition) is 0. The van der Waals surface area contributed by atoms with Crippen molar-refractivity contribution in [2.45, 2.75) is 31.8 Å². The number of rotatable bonds is 0. The van der Waals surface area contributed by atoms with Crippen molar-refractivity contribution in [1.82, 2.24) is 0 Å².